The fraction of sp³-hybridized carbons (Fsp3) is 0.278. The second kappa shape index (κ2) is 6.70. The van der Waals surface area contributed by atoms with E-state index in [0.29, 0.717) is 17.6 Å². The molecule has 6 nitrogen and oxygen atoms in total. The van der Waals surface area contributed by atoms with E-state index in [9.17, 15) is 9.59 Å². The molecule has 0 unspecified atom stereocenters. The number of aromatic amines is 1. The predicted octanol–water partition coefficient (Wildman–Crippen LogP) is 2.16. The third kappa shape index (κ3) is 3.37. The van der Waals surface area contributed by atoms with Crippen LogP contribution in [-0.2, 0) is 6.54 Å². The molecule has 1 amide bonds. The van der Waals surface area contributed by atoms with Gasteiger partial charge in [0.15, 0.2) is 0 Å². The molecule has 0 saturated carbocycles. The molecule has 0 aliphatic rings. The van der Waals surface area contributed by atoms with Crippen LogP contribution in [0, 0.1) is 13.8 Å². The molecule has 2 N–H and O–H groups in total. The van der Waals surface area contributed by atoms with E-state index < -0.39 is 0 Å². The number of amides is 1. The van der Waals surface area contributed by atoms with Crippen molar-refractivity contribution in [1.29, 1.82) is 0 Å². The molecule has 6 heteroatoms. The number of aromatic nitrogens is 3. The number of carbonyl (C=O) groups is 1. The molecule has 24 heavy (non-hydrogen) atoms. The second-order valence-electron chi connectivity index (χ2n) is 5.85. The zero-order chi connectivity index (χ0) is 17.1. The van der Waals surface area contributed by atoms with Gasteiger partial charge in [-0.05, 0) is 32.4 Å². The van der Waals surface area contributed by atoms with Gasteiger partial charge in [-0.15, -0.1) is 0 Å². The Bertz CT molecular complexity index is 940. The Balaban J connectivity index is 1.65. The number of para-hydroxylation sites is 1. The van der Waals surface area contributed by atoms with Crippen molar-refractivity contribution in [1.82, 2.24) is 20.1 Å². The number of hydrogen-bond donors (Lipinski definition) is 2. The maximum Gasteiger partial charge on any atom is 0.252 e. The molecule has 0 fully saturated rings. The van der Waals surface area contributed by atoms with Crippen LogP contribution in [0.3, 0.4) is 0 Å². The van der Waals surface area contributed by atoms with Crippen LogP contribution in [0.15, 0.2) is 41.2 Å². The van der Waals surface area contributed by atoms with E-state index in [0.717, 1.165) is 29.7 Å². The summed E-state index contributed by atoms with van der Waals surface area (Å²) in [5.41, 5.74) is 2.89. The molecule has 0 saturated heterocycles. The molecule has 0 spiro atoms. The molecule has 3 rings (SSSR count). The summed E-state index contributed by atoms with van der Waals surface area (Å²) < 4.78 is 1.93. The Morgan fingerprint density at radius 1 is 1.25 bits per heavy atom. The Labute approximate surface area is 139 Å². The van der Waals surface area contributed by atoms with Crippen molar-refractivity contribution in [2.75, 3.05) is 6.54 Å². The summed E-state index contributed by atoms with van der Waals surface area (Å²) in [7, 11) is 0. The normalized spacial score (nSPS) is 10.9. The van der Waals surface area contributed by atoms with E-state index in [-0.39, 0.29) is 11.5 Å². The minimum atomic E-state index is -0.276. The standard InChI is InChI=1S/C18H20N4O2/c1-12-10-13(2)22(21-12)9-5-8-19-18(24)15-11-17(23)20-16-7-4-3-6-14(15)16/h3-4,6-7,10-11H,5,8-9H2,1-2H3,(H,19,24)(H,20,23). The van der Waals surface area contributed by atoms with Gasteiger partial charge < -0.3 is 10.3 Å². The van der Waals surface area contributed by atoms with Crippen LogP contribution in [0.4, 0.5) is 0 Å². The van der Waals surface area contributed by atoms with E-state index >= 15 is 0 Å². The van der Waals surface area contributed by atoms with Gasteiger partial charge in [-0.1, -0.05) is 18.2 Å². The van der Waals surface area contributed by atoms with Gasteiger partial charge in [-0.25, -0.2) is 0 Å². The summed E-state index contributed by atoms with van der Waals surface area (Å²) >= 11 is 0. The Kier molecular flexibility index (Phi) is 4.46. The number of carbonyl (C=O) groups excluding carboxylic acids is 1. The third-order valence-corrected chi connectivity index (χ3v) is 3.93. The highest BCUT2D eigenvalue weighted by Gasteiger charge is 2.11. The lowest BCUT2D eigenvalue weighted by atomic mass is 10.1. The first-order chi connectivity index (χ1) is 11.5. The first-order valence-electron chi connectivity index (χ1n) is 7.96. The van der Waals surface area contributed by atoms with Gasteiger partial charge in [-0.3, -0.25) is 14.3 Å². The zero-order valence-corrected chi connectivity index (χ0v) is 13.8. The van der Waals surface area contributed by atoms with E-state index in [2.05, 4.69) is 15.4 Å². The molecule has 1 aromatic carbocycles. The number of nitrogens with zero attached hydrogens (tertiary/aromatic N) is 2. The summed E-state index contributed by atoms with van der Waals surface area (Å²) in [6.07, 6.45) is 0.773. The van der Waals surface area contributed by atoms with Crippen LogP contribution in [-0.4, -0.2) is 27.2 Å². The molecule has 0 aliphatic heterocycles. The SMILES string of the molecule is Cc1cc(C)n(CCCNC(=O)c2cc(=O)[nH]c3ccccc23)n1. The number of benzene rings is 1. The van der Waals surface area contributed by atoms with Crippen molar-refractivity contribution in [2.45, 2.75) is 26.8 Å². The Morgan fingerprint density at radius 2 is 2.04 bits per heavy atom. The Morgan fingerprint density at radius 3 is 2.79 bits per heavy atom. The molecule has 0 aliphatic carbocycles. The van der Waals surface area contributed by atoms with Crippen molar-refractivity contribution >= 4 is 16.8 Å². The minimum Gasteiger partial charge on any atom is -0.352 e. The fourth-order valence-electron chi connectivity index (χ4n) is 2.82. The summed E-state index contributed by atoms with van der Waals surface area (Å²) in [4.78, 5) is 26.9. The molecular formula is C18H20N4O2. The maximum atomic E-state index is 12.4. The van der Waals surface area contributed by atoms with Crippen LogP contribution >= 0.6 is 0 Å². The highest BCUT2D eigenvalue weighted by atomic mass is 16.2. The maximum absolute atomic E-state index is 12.4. The molecule has 2 heterocycles. The highest BCUT2D eigenvalue weighted by molar-refractivity contribution is 6.05. The number of hydrogen-bond acceptors (Lipinski definition) is 3. The number of H-pyrrole nitrogens is 1. The lowest BCUT2D eigenvalue weighted by Gasteiger charge is -2.08. The van der Waals surface area contributed by atoms with Gasteiger partial charge in [0, 0.05) is 35.8 Å². The van der Waals surface area contributed by atoms with Crippen LogP contribution in [0.5, 0.6) is 0 Å². The zero-order valence-electron chi connectivity index (χ0n) is 13.8. The number of pyridine rings is 1. The predicted molar refractivity (Wildman–Crippen MR) is 93.2 cm³/mol. The highest BCUT2D eigenvalue weighted by Crippen LogP contribution is 2.14. The van der Waals surface area contributed by atoms with Crippen molar-refractivity contribution in [3.05, 3.63) is 63.7 Å². The van der Waals surface area contributed by atoms with E-state index in [1.807, 2.05) is 42.8 Å². The van der Waals surface area contributed by atoms with Gasteiger partial charge >= 0.3 is 0 Å². The van der Waals surface area contributed by atoms with E-state index in [4.69, 9.17) is 0 Å². The summed E-state index contributed by atoms with van der Waals surface area (Å²) in [5.74, 6) is -0.231. The summed E-state index contributed by atoms with van der Waals surface area (Å²) in [5, 5.41) is 8.02. The number of nitrogens with one attached hydrogen (secondary N) is 2. The lowest BCUT2D eigenvalue weighted by Crippen LogP contribution is -2.27. The molecule has 124 valence electrons. The van der Waals surface area contributed by atoms with Crippen LogP contribution in [0.25, 0.3) is 10.9 Å². The quantitative estimate of drug-likeness (QED) is 0.706. The third-order valence-electron chi connectivity index (χ3n) is 3.93. The number of fused-ring (bicyclic) bond motifs is 1. The number of rotatable bonds is 5. The molecule has 0 bridgehead atoms. The van der Waals surface area contributed by atoms with E-state index in [1.165, 1.54) is 6.07 Å². The molecule has 3 aromatic rings. The van der Waals surface area contributed by atoms with Gasteiger partial charge in [0.05, 0.1) is 11.3 Å². The molecule has 2 aromatic heterocycles. The summed E-state index contributed by atoms with van der Waals surface area (Å²) in [6.45, 7) is 5.25. The monoisotopic (exact) mass is 324 g/mol. The topological polar surface area (TPSA) is 79.8 Å². The lowest BCUT2D eigenvalue weighted by molar-refractivity contribution is 0.0954. The second-order valence-corrected chi connectivity index (χ2v) is 5.85. The van der Waals surface area contributed by atoms with Crippen LogP contribution in [0.1, 0.15) is 28.2 Å². The first kappa shape index (κ1) is 16.0. The average Bonchev–Trinajstić information content (AvgIpc) is 2.88. The first-order valence-corrected chi connectivity index (χ1v) is 7.96. The van der Waals surface area contributed by atoms with Crippen molar-refractivity contribution in [3.8, 4) is 0 Å². The van der Waals surface area contributed by atoms with E-state index in [1.54, 1.807) is 6.07 Å². The van der Waals surface area contributed by atoms with Gasteiger partial charge in [0.25, 0.3) is 5.91 Å². The fourth-order valence-corrected chi connectivity index (χ4v) is 2.82. The molecular weight excluding hydrogens is 304 g/mol. The Hall–Kier alpha value is -2.89. The van der Waals surface area contributed by atoms with Crippen molar-refractivity contribution < 1.29 is 4.79 Å². The minimum absolute atomic E-state index is 0.231. The van der Waals surface area contributed by atoms with Crippen LogP contribution < -0.4 is 10.9 Å². The van der Waals surface area contributed by atoms with Crippen LogP contribution in [0.2, 0.25) is 0 Å². The number of aryl methyl sites for hydroxylation is 3. The molecule has 0 atom stereocenters. The summed E-state index contributed by atoms with van der Waals surface area (Å²) in [6, 6.07) is 10.7. The van der Waals surface area contributed by atoms with Gasteiger partial charge in [-0.2, -0.15) is 5.10 Å². The van der Waals surface area contributed by atoms with Crippen molar-refractivity contribution in [3.63, 3.8) is 0 Å². The molecule has 0 radical (unpaired) electrons. The average molecular weight is 324 g/mol. The smallest absolute Gasteiger partial charge is 0.252 e. The largest absolute Gasteiger partial charge is 0.352 e. The van der Waals surface area contributed by atoms with Crippen molar-refractivity contribution in [2.24, 2.45) is 0 Å². The van der Waals surface area contributed by atoms with Gasteiger partial charge in [0.2, 0.25) is 5.56 Å². The van der Waals surface area contributed by atoms with Gasteiger partial charge in [0.1, 0.15) is 0 Å².